The molecular formula is C19H15FN4O3. The summed E-state index contributed by atoms with van der Waals surface area (Å²) in [5.41, 5.74) is 4.27. The van der Waals surface area contributed by atoms with E-state index in [9.17, 15) is 14.3 Å². The van der Waals surface area contributed by atoms with Crippen molar-refractivity contribution >= 4 is 28.5 Å². The predicted octanol–water partition coefficient (Wildman–Crippen LogP) is 2.93. The molecule has 8 heteroatoms. The molecule has 0 spiro atoms. The average molecular weight is 366 g/mol. The van der Waals surface area contributed by atoms with Crippen molar-refractivity contribution in [3.05, 3.63) is 48.6 Å². The fraction of sp³-hybridized carbons (Fsp3) is 0.211. The van der Waals surface area contributed by atoms with Gasteiger partial charge in [0.1, 0.15) is 17.3 Å². The van der Waals surface area contributed by atoms with Crippen molar-refractivity contribution in [2.75, 3.05) is 5.32 Å². The number of halogens is 1. The van der Waals surface area contributed by atoms with Gasteiger partial charge in [0.25, 0.3) is 0 Å². The maximum atomic E-state index is 13.0. The van der Waals surface area contributed by atoms with Crippen LogP contribution >= 0.6 is 0 Å². The summed E-state index contributed by atoms with van der Waals surface area (Å²) in [4.78, 5) is 20.5. The van der Waals surface area contributed by atoms with Gasteiger partial charge in [-0.1, -0.05) is 6.07 Å². The molecular weight excluding hydrogens is 351 g/mol. The lowest BCUT2D eigenvalue weighted by Crippen LogP contribution is -2.15. The molecule has 4 aromatic rings. The summed E-state index contributed by atoms with van der Waals surface area (Å²) in [7, 11) is 0. The number of aliphatic hydroxyl groups excluding tert-OH is 1. The lowest BCUT2D eigenvalue weighted by molar-refractivity contribution is -0.117. The van der Waals surface area contributed by atoms with Gasteiger partial charge in [0.05, 0.1) is 18.7 Å². The third kappa shape index (κ3) is 2.65. The van der Waals surface area contributed by atoms with E-state index >= 15 is 0 Å². The Kier molecular flexibility index (Phi) is 3.48. The molecule has 0 saturated heterocycles. The number of fused-ring (bicyclic) bond motifs is 2. The highest BCUT2D eigenvalue weighted by atomic mass is 19.1. The molecule has 1 amide bonds. The Morgan fingerprint density at radius 1 is 1.33 bits per heavy atom. The van der Waals surface area contributed by atoms with Crippen LogP contribution in [-0.2, 0) is 11.4 Å². The van der Waals surface area contributed by atoms with Crippen LogP contribution in [0.2, 0.25) is 0 Å². The van der Waals surface area contributed by atoms with Gasteiger partial charge in [0, 0.05) is 17.3 Å². The number of hydrogen-bond acceptors (Lipinski definition) is 5. The van der Waals surface area contributed by atoms with E-state index in [2.05, 4.69) is 15.3 Å². The van der Waals surface area contributed by atoms with Crippen LogP contribution in [0.25, 0.3) is 27.9 Å². The van der Waals surface area contributed by atoms with Crippen LogP contribution < -0.4 is 5.32 Å². The molecule has 1 aromatic carbocycles. The van der Waals surface area contributed by atoms with Gasteiger partial charge >= 0.3 is 0 Å². The molecule has 5 rings (SSSR count). The Labute approximate surface area is 152 Å². The van der Waals surface area contributed by atoms with E-state index in [0.717, 1.165) is 16.7 Å². The molecule has 27 heavy (non-hydrogen) atoms. The average Bonchev–Trinajstić information content (AvgIpc) is 3.07. The fourth-order valence-electron chi connectivity index (χ4n) is 3.28. The molecule has 0 bridgehead atoms. The Morgan fingerprint density at radius 3 is 2.96 bits per heavy atom. The van der Waals surface area contributed by atoms with Crippen LogP contribution in [-0.4, -0.2) is 31.6 Å². The number of pyridine rings is 1. The van der Waals surface area contributed by atoms with Crippen molar-refractivity contribution in [3.8, 4) is 11.1 Å². The number of amides is 1. The molecule has 3 heterocycles. The maximum absolute atomic E-state index is 13.0. The second-order valence-corrected chi connectivity index (χ2v) is 6.61. The molecule has 0 radical (unpaired) electrons. The van der Waals surface area contributed by atoms with E-state index in [1.807, 2.05) is 12.3 Å². The van der Waals surface area contributed by atoms with Crippen LogP contribution in [0.3, 0.4) is 0 Å². The quantitative estimate of drug-likeness (QED) is 0.579. The molecule has 2 N–H and O–H groups in total. The number of alkyl halides is 1. The van der Waals surface area contributed by atoms with Gasteiger partial charge < -0.3 is 19.2 Å². The third-order valence-corrected chi connectivity index (χ3v) is 4.80. The summed E-state index contributed by atoms with van der Waals surface area (Å²) in [6.07, 6.45) is 4.11. The third-order valence-electron chi connectivity index (χ3n) is 4.80. The molecule has 1 aliphatic carbocycles. The van der Waals surface area contributed by atoms with Gasteiger partial charge in [-0.3, -0.25) is 4.79 Å². The number of rotatable bonds is 4. The van der Waals surface area contributed by atoms with Crippen LogP contribution in [0, 0.1) is 5.92 Å². The number of carbonyl (C=O) groups excluding carboxylic acids is 1. The molecule has 136 valence electrons. The zero-order chi connectivity index (χ0) is 18.5. The van der Waals surface area contributed by atoms with Crippen LogP contribution in [0.4, 0.5) is 10.2 Å². The smallest absolute Gasteiger partial charge is 0.231 e. The number of nitrogens with one attached hydrogen (secondary N) is 1. The largest absolute Gasteiger partial charge is 0.443 e. The minimum absolute atomic E-state index is 0.132. The minimum atomic E-state index is -1.05. The van der Waals surface area contributed by atoms with Gasteiger partial charge in [-0.15, -0.1) is 0 Å². The van der Waals surface area contributed by atoms with E-state index in [0.29, 0.717) is 22.6 Å². The predicted molar refractivity (Wildman–Crippen MR) is 95.8 cm³/mol. The highest BCUT2D eigenvalue weighted by molar-refractivity contribution is 5.95. The van der Waals surface area contributed by atoms with E-state index in [1.54, 1.807) is 28.8 Å². The SMILES string of the molecule is O=C(Nc1cn2cc(-c3c(CO)ccc4ocnc34)ccc2n1)C1CC1F. The monoisotopic (exact) mass is 366 g/mol. The lowest BCUT2D eigenvalue weighted by Gasteiger charge is -2.08. The second-order valence-electron chi connectivity index (χ2n) is 6.61. The van der Waals surface area contributed by atoms with E-state index in [1.165, 1.54) is 6.39 Å². The Balaban J connectivity index is 1.55. The zero-order valence-electron chi connectivity index (χ0n) is 14.1. The Morgan fingerprint density at radius 2 is 2.19 bits per heavy atom. The molecule has 7 nitrogen and oxygen atoms in total. The van der Waals surface area contributed by atoms with E-state index in [4.69, 9.17) is 4.42 Å². The summed E-state index contributed by atoms with van der Waals surface area (Å²) in [5.74, 6) is -0.540. The maximum Gasteiger partial charge on any atom is 0.231 e. The van der Waals surface area contributed by atoms with Crippen molar-refractivity contribution in [3.63, 3.8) is 0 Å². The number of carbonyl (C=O) groups is 1. The van der Waals surface area contributed by atoms with Gasteiger partial charge in [-0.05, 0) is 30.2 Å². The summed E-state index contributed by atoms with van der Waals surface area (Å²) in [5, 5.41) is 12.4. The summed E-state index contributed by atoms with van der Waals surface area (Å²) in [6.45, 7) is -0.132. The molecule has 1 fully saturated rings. The van der Waals surface area contributed by atoms with Crippen molar-refractivity contribution in [2.24, 2.45) is 5.92 Å². The molecule has 1 aliphatic rings. The van der Waals surface area contributed by atoms with Crippen LogP contribution in [0.5, 0.6) is 0 Å². The Hall–Kier alpha value is -3.26. The fourth-order valence-corrected chi connectivity index (χ4v) is 3.28. The van der Waals surface area contributed by atoms with E-state index in [-0.39, 0.29) is 18.9 Å². The summed E-state index contributed by atoms with van der Waals surface area (Å²) < 4.78 is 20.2. The summed E-state index contributed by atoms with van der Waals surface area (Å²) in [6, 6.07) is 7.25. The lowest BCUT2D eigenvalue weighted by atomic mass is 10.00. The standard InChI is InChI=1S/C19H15FN4O3/c20-13-5-12(13)19(26)23-15-7-24-6-10(2-4-16(24)22-15)17-11(8-25)1-3-14-18(17)21-9-27-14/h1-4,6-7,9,12-13,25H,5,8H2,(H,23,26). The number of nitrogens with zero attached hydrogens (tertiary/aromatic N) is 3. The highest BCUT2D eigenvalue weighted by Gasteiger charge is 2.43. The summed E-state index contributed by atoms with van der Waals surface area (Å²) >= 11 is 0. The molecule has 2 unspecified atom stereocenters. The zero-order valence-corrected chi connectivity index (χ0v) is 14.1. The van der Waals surface area contributed by atoms with Crippen LogP contribution in [0.1, 0.15) is 12.0 Å². The number of oxazole rings is 1. The number of imidazole rings is 1. The second kappa shape index (κ2) is 5.88. The first kappa shape index (κ1) is 16.0. The van der Waals surface area contributed by atoms with Gasteiger partial charge in [-0.2, -0.15) is 0 Å². The van der Waals surface area contributed by atoms with Crippen molar-refractivity contribution in [1.29, 1.82) is 0 Å². The first-order valence-electron chi connectivity index (χ1n) is 8.54. The Bertz CT molecular complexity index is 1180. The number of aliphatic hydroxyl groups is 1. The molecule has 1 saturated carbocycles. The van der Waals surface area contributed by atoms with Gasteiger partial charge in [0.15, 0.2) is 17.8 Å². The number of anilines is 1. The van der Waals surface area contributed by atoms with Gasteiger partial charge in [0.2, 0.25) is 5.91 Å². The first-order valence-corrected chi connectivity index (χ1v) is 8.54. The molecule has 3 aromatic heterocycles. The first-order chi connectivity index (χ1) is 13.1. The van der Waals surface area contributed by atoms with E-state index < -0.39 is 12.1 Å². The van der Waals surface area contributed by atoms with Gasteiger partial charge in [-0.25, -0.2) is 14.4 Å². The topological polar surface area (TPSA) is 92.7 Å². The normalized spacial score (nSPS) is 18.9. The number of hydrogen-bond donors (Lipinski definition) is 2. The number of benzene rings is 1. The highest BCUT2D eigenvalue weighted by Crippen LogP contribution is 2.35. The van der Waals surface area contributed by atoms with Crippen LogP contribution in [0.15, 0.2) is 47.5 Å². The molecule has 0 aliphatic heterocycles. The minimum Gasteiger partial charge on any atom is -0.443 e. The van der Waals surface area contributed by atoms with Crippen molar-refractivity contribution < 1.29 is 18.7 Å². The number of aromatic nitrogens is 3. The van der Waals surface area contributed by atoms with Crippen molar-refractivity contribution in [1.82, 2.24) is 14.4 Å². The molecule has 2 atom stereocenters. The van der Waals surface area contributed by atoms with Crippen molar-refractivity contribution in [2.45, 2.75) is 19.2 Å².